The molecule has 2 amide bonds. The Bertz CT molecular complexity index is 980. The van der Waals surface area contributed by atoms with Crippen LogP contribution in [0, 0.1) is 0 Å². The third-order valence-electron chi connectivity index (χ3n) is 6.67. The SMILES string of the molecule is CC(C)(C)OC(=O)N1CCC(n2cccc2C(=O)NCc2ccccc2CN2CCCC2)CC1. The van der Waals surface area contributed by atoms with E-state index in [1.807, 2.05) is 45.2 Å². The maximum absolute atomic E-state index is 13.1. The third kappa shape index (κ3) is 6.20. The standard InChI is InChI=1S/C27H38N4O3/c1-27(2,3)34-26(33)30-17-12-23(13-18-30)31-16-8-11-24(31)25(32)28-19-21-9-4-5-10-22(21)20-29-14-6-7-15-29/h4-5,8-11,16,23H,6-7,12-15,17-20H2,1-3H3,(H,28,32). The van der Waals surface area contributed by atoms with Gasteiger partial charge in [-0.05, 0) is 82.8 Å². The zero-order chi connectivity index (χ0) is 24.1. The van der Waals surface area contributed by atoms with E-state index in [4.69, 9.17) is 4.74 Å². The van der Waals surface area contributed by atoms with E-state index < -0.39 is 5.60 Å². The van der Waals surface area contributed by atoms with Crippen LogP contribution in [-0.2, 0) is 17.8 Å². The van der Waals surface area contributed by atoms with Gasteiger partial charge in [0.2, 0.25) is 0 Å². The molecule has 7 heteroatoms. The number of rotatable bonds is 6. The Morgan fingerprint density at radius 1 is 0.971 bits per heavy atom. The molecule has 4 rings (SSSR count). The number of amides is 2. The summed E-state index contributed by atoms with van der Waals surface area (Å²) in [5.41, 5.74) is 2.64. The zero-order valence-corrected chi connectivity index (χ0v) is 20.8. The van der Waals surface area contributed by atoms with E-state index in [0.717, 1.165) is 32.5 Å². The fourth-order valence-electron chi connectivity index (χ4n) is 4.89. The first kappa shape index (κ1) is 24.3. The fourth-order valence-corrected chi connectivity index (χ4v) is 4.89. The van der Waals surface area contributed by atoms with Crippen molar-refractivity contribution in [1.29, 1.82) is 0 Å². The largest absolute Gasteiger partial charge is 0.444 e. The summed E-state index contributed by atoms with van der Waals surface area (Å²) in [5, 5.41) is 3.14. The van der Waals surface area contributed by atoms with Gasteiger partial charge in [0, 0.05) is 38.4 Å². The van der Waals surface area contributed by atoms with Crippen LogP contribution in [0.2, 0.25) is 0 Å². The fraction of sp³-hybridized carbons (Fsp3) is 0.556. The number of carbonyl (C=O) groups excluding carboxylic acids is 2. The molecule has 0 radical (unpaired) electrons. The van der Waals surface area contributed by atoms with Crippen LogP contribution in [0.5, 0.6) is 0 Å². The number of likely N-dealkylation sites (tertiary alicyclic amines) is 2. The molecule has 0 saturated carbocycles. The highest BCUT2D eigenvalue weighted by atomic mass is 16.6. The van der Waals surface area contributed by atoms with Gasteiger partial charge >= 0.3 is 6.09 Å². The molecule has 0 atom stereocenters. The second-order valence-electron chi connectivity index (χ2n) is 10.4. The van der Waals surface area contributed by atoms with Gasteiger partial charge in [0.05, 0.1) is 0 Å². The van der Waals surface area contributed by atoms with Crippen molar-refractivity contribution in [2.45, 2.75) is 71.2 Å². The lowest BCUT2D eigenvalue weighted by atomic mass is 10.0. The van der Waals surface area contributed by atoms with Gasteiger partial charge in [0.25, 0.3) is 5.91 Å². The molecule has 2 saturated heterocycles. The first-order valence-corrected chi connectivity index (χ1v) is 12.5. The Labute approximate surface area is 203 Å². The molecule has 3 heterocycles. The van der Waals surface area contributed by atoms with E-state index in [0.29, 0.717) is 25.3 Å². The molecule has 0 aliphatic carbocycles. The smallest absolute Gasteiger partial charge is 0.410 e. The number of hydrogen-bond donors (Lipinski definition) is 1. The summed E-state index contributed by atoms with van der Waals surface area (Å²) >= 11 is 0. The van der Waals surface area contributed by atoms with Crippen LogP contribution >= 0.6 is 0 Å². The molecule has 1 aromatic heterocycles. The summed E-state index contributed by atoms with van der Waals surface area (Å²) in [7, 11) is 0. The van der Waals surface area contributed by atoms with Crippen LogP contribution in [0.1, 0.15) is 74.1 Å². The Hall–Kier alpha value is -2.80. The molecule has 184 valence electrons. The van der Waals surface area contributed by atoms with Crippen molar-refractivity contribution < 1.29 is 14.3 Å². The highest BCUT2D eigenvalue weighted by Gasteiger charge is 2.28. The van der Waals surface area contributed by atoms with Gasteiger partial charge in [0.15, 0.2) is 0 Å². The Kier molecular flexibility index (Phi) is 7.61. The van der Waals surface area contributed by atoms with Crippen LogP contribution < -0.4 is 5.32 Å². The summed E-state index contributed by atoms with van der Waals surface area (Å²) < 4.78 is 7.57. The van der Waals surface area contributed by atoms with Crippen molar-refractivity contribution in [3.8, 4) is 0 Å². The lowest BCUT2D eigenvalue weighted by Crippen LogP contribution is -2.42. The van der Waals surface area contributed by atoms with E-state index in [1.54, 1.807) is 4.90 Å². The van der Waals surface area contributed by atoms with Gasteiger partial charge in [-0.15, -0.1) is 0 Å². The molecule has 0 spiro atoms. The minimum absolute atomic E-state index is 0.0597. The predicted octanol–water partition coefficient (Wildman–Crippen LogP) is 4.59. The number of carbonyl (C=O) groups is 2. The van der Waals surface area contributed by atoms with Gasteiger partial charge in [-0.3, -0.25) is 9.69 Å². The number of hydrogen-bond acceptors (Lipinski definition) is 4. The second-order valence-corrected chi connectivity index (χ2v) is 10.4. The van der Waals surface area contributed by atoms with E-state index in [1.165, 1.54) is 24.0 Å². The van der Waals surface area contributed by atoms with Gasteiger partial charge in [-0.1, -0.05) is 24.3 Å². The molecule has 34 heavy (non-hydrogen) atoms. The minimum Gasteiger partial charge on any atom is -0.444 e. The van der Waals surface area contributed by atoms with Gasteiger partial charge in [-0.25, -0.2) is 4.79 Å². The molecule has 1 aromatic carbocycles. The number of nitrogens with one attached hydrogen (secondary N) is 1. The van der Waals surface area contributed by atoms with Crippen molar-refractivity contribution in [2.24, 2.45) is 0 Å². The Morgan fingerprint density at radius 2 is 1.65 bits per heavy atom. The minimum atomic E-state index is -0.493. The maximum atomic E-state index is 13.1. The quantitative estimate of drug-likeness (QED) is 0.676. The van der Waals surface area contributed by atoms with E-state index in [-0.39, 0.29) is 18.0 Å². The first-order chi connectivity index (χ1) is 16.3. The Morgan fingerprint density at radius 3 is 2.32 bits per heavy atom. The molecule has 0 unspecified atom stereocenters. The molecule has 0 bridgehead atoms. The summed E-state index contributed by atoms with van der Waals surface area (Å²) in [4.78, 5) is 29.7. The molecule has 2 fully saturated rings. The van der Waals surface area contributed by atoms with Crippen LogP contribution in [-0.4, -0.2) is 58.1 Å². The summed E-state index contributed by atoms with van der Waals surface area (Å²) in [6.45, 7) is 10.7. The summed E-state index contributed by atoms with van der Waals surface area (Å²) in [5.74, 6) is -0.0597. The van der Waals surface area contributed by atoms with Crippen molar-refractivity contribution in [1.82, 2.24) is 19.7 Å². The molecule has 1 N–H and O–H groups in total. The molecule has 2 aliphatic heterocycles. The average Bonchev–Trinajstić information content (AvgIpc) is 3.49. The van der Waals surface area contributed by atoms with Gasteiger partial charge in [0.1, 0.15) is 11.3 Å². The van der Waals surface area contributed by atoms with E-state index >= 15 is 0 Å². The third-order valence-corrected chi connectivity index (χ3v) is 6.67. The number of piperidine rings is 1. The molecular weight excluding hydrogens is 428 g/mol. The van der Waals surface area contributed by atoms with E-state index in [9.17, 15) is 9.59 Å². The average molecular weight is 467 g/mol. The number of ether oxygens (including phenoxy) is 1. The van der Waals surface area contributed by atoms with Crippen LogP contribution in [0.4, 0.5) is 4.79 Å². The van der Waals surface area contributed by atoms with Gasteiger partial charge < -0.3 is 19.5 Å². The Balaban J connectivity index is 1.34. The summed E-state index contributed by atoms with van der Waals surface area (Å²) in [6, 6.07) is 12.4. The highest BCUT2D eigenvalue weighted by molar-refractivity contribution is 5.92. The van der Waals surface area contributed by atoms with Crippen LogP contribution in [0.3, 0.4) is 0 Å². The van der Waals surface area contributed by atoms with Crippen molar-refractivity contribution in [2.75, 3.05) is 26.2 Å². The topological polar surface area (TPSA) is 66.8 Å². The maximum Gasteiger partial charge on any atom is 0.410 e. The van der Waals surface area contributed by atoms with Gasteiger partial charge in [-0.2, -0.15) is 0 Å². The second kappa shape index (κ2) is 10.6. The lowest BCUT2D eigenvalue weighted by molar-refractivity contribution is 0.0187. The molecule has 7 nitrogen and oxygen atoms in total. The monoisotopic (exact) mass is 466 g/mol. The highest BCUT2D eigenvalue weighted by Crippen LogP contribution is 2.26. The van der Waals surface area contributed by atoms with Crippen molar-refractivity contribution >= 4 is 12.0 Å². The predicted molar refractivity (Wildman–Crippen MR) is 133 cm³/mol. The van der Waals surface area contributed by atoms with E-state index in [2.05, 4.69) is 33.0 Å². The first-order valence-electron chi connectivity index (χ1n) is 12.5. The number of benzene rings is 1. The molecular formula is C27H38N4O3. The zero-order valence-electron chi connectivity index (χ0n) is 20.8. The number of nitrogens with zero attached hydrogens (tertiary/aromatic N) is 3. The number of aromatic nitrogens is 1. The normalized spacial score (nSPS) is 17.7. The lowest BCUT2D eigenvalue weighted by Gasteiger charge is -2.34. The summed E-state index contributed by atoms with van der Waals surface area (Å²) in [6.07, 6.45) is 5.85. The molecule has 2 aromatic rings. The van der Waals surface area contributed by atoms with Crippen molar-refractivity contribution in [3.05, 3.63) is 59.4 Å². The van der Waals surface area contributed by atoms with Crippen LogP contribution in [0.15, 0.2) is 42.6 Å². The van der Waals surface area contributed by atoms with Crippen LogP contribution in [0.25, 0.3) is 0 Å². The molecule has 2 aliphatic rings. The van der Waals surface area contributed by atoms with Crippen molar-refractivity contribution in [3.63, 3.8) is 0 Å².